The molecule has 1 aromatic heterocycles. The predicted molar refractivity (Wildman–Crippen MR) is 130 cm³/mol. The number of hydrogen-bond donors (Lipinski definition) is 2. The van der Waals surface area contributed by atoms with E-state index >= 15 is 0 Å². The van der Waals surface area contributed by atoms with Crippen LogP contribution in [0.4, 0.5) is 29.1 Å². The molecule has 2 aliphatic rings. The van der Waals surface area contributed by atoms with Crippen LogP contribution in [0.3, 0.4) is 0 Å². The maximum absolute atomic E-state index is 14.8. The summed E-state index contributed by atoms with van der Waals surface area (Å²) in [5.41, 5.74) is 5.03. The van der Waals surface area contributed by atoms with E-state index in [-0.39, 0.29) is 11.3 Å². The van der Waals surface area contributed by atoms with Crippen LogP contribution in [-0.2, 0) is 6.18 Å². The van der Waals surface area contributed by atoms with Gasteiger partial charge in [-0.15, -0.1) is 0 Å². The van der Waals surface area contributed by atoms with Crippen molar-refractivity contribution in [3.05, 3.63) is 53.1 Å². The Morgan fingerprint density at radius 1 is 1.22 bits per heavy atom. The topological polar surface area (TPSA) is 76.3 Å². The van der Waals surface area contributed by atoms with Gasteiger partial charge in [0.25, 0.3) is 0 Å². The standard InChI is InChI=1S/C26H29F4N5O/c1-14(19-8-16(31)9-21(23(19)27)26(28,29)30)32-24-20-10-18(4-5-22(20)33-15(2)34-24)36-12-17-11-25(6-7-25)13-35(17)3/h4-5,8-10,14,17H,6-7,11-13,31H2,1-3H3,(H,32,33,34)/t14-,17+/m1/s1. The van der Waals surface area contributed by atoms with Crippen LogP contribution in [0.25, 0.3) is 10.9 Å². The molecule has 1 aliphatic carbocycles. The number of fused-ring (bicyclic) bond motifs is 1. The van der Waals surface area contributed by atoms with E-state index in [1.807, 2.05) is 18.2 Å². The van der Waals surface area contributed by atoms with Crippen LogP contribution >= 0.6 is 0 Å². The Bertz CT molecular complexity index is 1310. The highest BCUT2D eigenvalue weighted by Gasteiger charge is 2.50. The second kappa shape index (κ2) is 8.76. The van der Waals surface area contributed by atoms with Crippen LogP contribution in [0, 0.1) is 18.2 Å². The summed E-state index contributed by atoms with van der Waals surface area (Å²) < 4.78 is 60.9. The van der Waals surface area contributed by atoms with Crippen molar-refractivity contribution < 1.29 is 22.3 Å². The Balaban J connectivity index is 1.40. The third kappa shape index (κ3) is 4.78. The smallest absolute Gasteiger partial charge is 0.419 e. The molecule has 0 bridgehead atoms. The first-order valence-corrected chi connectivity index (χ1v) is 12.0. The molecule has 2 fully saturated rings. The first-order chi connectivity index (χ1) is 16.9. The van der Waals surface area contributed by atoms with E-state index in [4.69, 9.17) is 10.5 Å². The number of aromatic nitrogens is 2. The number of anilines is 2. The highest BCUT2D eigenvalue weighted by molar-refractivity contribution is 5.90. The molecular weight excluding hydrogens is 474 g/mol. The molecule has 1 aliphatic heterocycles. The number of aryl methyl sites for hydroxylation is 1. The van der Waals surface area contributed by atoms with Gasteiger partial charge < -0.3 is 15.8 Å². The molecule has 2 atom stereocenters. The van der Waals surface area contributed by atoms with Crippen LogP contribution in [0.2, 0.25) is 0 Å². The van der Waals surface area contributed by atoms with E-state index in [0.29, 0.717) is 52.4 Å². The van der Waals surface area contributed by atoms with Crippen molar-refractivity contribution in [2.45, 2.75) is 51.4 Å². The number of hydrogen-bond acceptors (Lipinski definition) is 6. The third-order valence-corrected chi connectivity index (χ3v) is 7.30. The normalized spacial score (nSPS) is 20.1. The molecule has 6 nitrogen and oxygen atoms in total. The fraction of sp³-hybridized carbons (Fsp3) is 0.462. The highest BCUT2D eigenvalue weighted by atomic mass is 19.4. The number of benzene rings is 2. The second-order valence-corrected chi connectivity index (χ2v) is 10.2. The minimum Gasteiger partial charge on any atom is -0.492 e. The van der Waals surface area contributed by atoms with Gasteiger partial charge in [0.2, 0.25) is 0 Å². The maximum atomic E-state index is 14.8. The Labute approximate surface area is 206 Å². The Morgan fingerprint density at radius 2 is 1.97 bits per heavy atom. The number of nitrogens with zero attached hydrogens (tertiary/aromatic N) is 3. The van der Waals surface area contributed by atoms with Crippen LogP contribution in [0.1, 0.15) is 49.2 Å². The molecule has 0 unspecified atom stereocenters. The number of likely N-dealkylation sites (tertiary alicyclic amines) is 1. The lowest BCUT2D eigenvalue weighted by Gasteiger charge is -2.21. The van der Waals surface area contributed by atoms with Gasteiger partial charge in [-0.3, -0.25) is 4.90 Å². The summed E-state index contributed by atoms with van der Waals surface area (Å²) in [4.78, 5) is 11.3. The largest absolute Gasteiger partial charge is 0.492 e. The van der Waals surface area contributed by atoms with Crippen LogP contribution in [0.15, 0.2) is 30.3 Å². The van der Waals surface area contributed by atoms with Gasteiger partial charge >= 0.3 is 6.18 Å². The monoisotopic (exact) mass is 503 g/mol. The lowest BCUT2D eigenvalue weighted by molar-refractivity contribution is -0.140. The zero-order chi connectivity index (χ0) is 25.8. The predicted octanol–water partition coefficient (Wildman–Crippen LogP) is 5.71. The average molecular weight is 504 g/mol. The number of nitrogens with two attached hydrogens (primary N) is 1. The van der Waals surface area contributed by atoms with Crippen molar-refractivity contribution in [1.82, 2.24) is 14.9 Å². The van der Waals surface area contributed by atoms with Crippen molar-refractivity contribution in [2.24, 2.45) is 5.41 Å². The first kappa shape index (κ1) is 24.5. The van der Waals surface area contributed by atoms with Gasteiger partial charge in [0, 0.05) is 29.2 Å². The summed E-state index contributed by atoms with van der Waals surface area (Å²) in [5.74, 6) is 0.133. The molecule has 5 rings (SSSR count). The van der Waals surface area contributed by atoms with Gasteiger partial charge in [0.05, 0.1) is 17.1 Å². The maximum Gasteiger partial charge on any atom is 0.419 e. The SMILES string of the molecule is Cc1nc(N[C@H](C)c2cc(N)cc(C(F)(F)F)c2F)c2cc(OC[C@@H]3CC4(CC4)CN3C)ccc2n1. The highest BCUT2D eigenvalue weighted by Crippen LogP contribution is 2.54. The van der Waals surface area contributed by atoms with Gasteiger partial charge in [-0.2, -0.15) is 13.2 Å². The molecule has 192 valence electrons. The summed E-state index contributed by atoms with van der Waals surface area (Å²) >= 11 is 0. The number of nitrogen functional groups attached to an aromatic ring is 1. The van der Waals surface area contributed by atoms with Crippen molar-refractivity contribution in [3.8, 4) is 5.75 Å². The lowest BCUT2D eigenvalue weighted by atomic mass is 10.0. The summed E-state index contributed by atoms with van der Waals surface area (Å²) in [6.45, 7) is 4.94. The first-order valence-electron chi connectivity index (χ1n) is 12.0. The van der Waals surface area contributed by atoms with E-state index < -0.39 is 23.6 Å². The van der Waals surface area contributed by atoms with E-state index in [1.54, 1.807) is 13.8 Å². The van der Waals surface area contributed by atoms with Gasteiger partial charge in [0.1, 0.15) is 29.8 Å². The lowest BCUT2D eigenvalue weighted by Crippen LogP contribution is -2.30. The number of ether oxygens (including phenoxy) is 1. The summed E-state index contributed by atoms with van der Waals surface area (Å²) in [6, 6.07) is 6.78. The quantitative estimate of drug-likeness (QED) is 0.331. The van der Waals surface area contributed by atoms with Gasteiger partial charge in [-0.1, -0.05) is 0 Å². The summed E-state index contributed by atoms with van der Waals surface area (Å²) in [7, 11) is 2.13. The van der Waals surface area contributed by atoms with Gasteiger partial charge in [0.15, 0.2) is 0 Å². The number of nitrogens with one attached hydrogen (secondary N) is 1. The van der Waals surface area contributed by atoms with Crippen molar-refractivity contribution in [3.63, 3.8) is 0 Å². The number of rotatable bonds is 6. The second-order valence-electron chi connectivity index (χ2n) is 10.2. The van der Waals surface area contributed by atoms with Crippen LogP contribution in [0.5, 0.6) is 5.75 Å². The number of likely N-dealkylation sites (N-methyl/N-ethyl adjacent to an activating group) is 1. The molecule has 1 saturated carbocycles. The minimum absolute atomic E-state index is 0.170. The Morgan fingerprint density at radius 3 is 2.64 bits per heavy atom. The van der Waals surface area contributed by atoms with E-state index in [0.717, 1.165) is 13.0 Å². The average Bonchev–Trinajstić information content (AvgIpc) is 3.47. The summed E-state index contributed by atoms with van der Waals surface area (Å²) in [6.07, 6.45) is -1.15. The van der Waals surface area contributed by atoms with E-state index in [9.17, 15) is 17.6 Å². The molecule has 2 aromatic carbocycles. The molecule has 3 N–H and O–H groups in total. The minimum atomic E-state index is -4.86. The molecule has 0 amide bonds. The summed E-state index contributed by atoms with van der Waals surface area (Å²) in [5, 5.41) is 3.69. The van der Waals surface area contributed by atoms with Crippen molar-refractivity contribution in [1.29, 1.82) is 0 Å². The van der Waals surface area contributed by atoms with E-state index in [2.05, 4.69) is 27.2 Å². The molecular formula is C26H29F4N5O. The third-order valence-electron chi connectivity index (χ3n) is 7.30. The zero-order valence-corrected chi connectivity index (χ0v) is 20.4. The number of halogens is 4. The molecule has 0 radical (unpaired) electrons. The molecule has 2 heterocycles. The Kier molecular flexibility index (Phi) is 5.97. The van der Waals surface area contributed by atoms with Crippen LogP contribution in [-0.4, -0.2) is 41.1 Å². The number of alkyl halides is 3. The molecule has 36 heavy (non-hydrogen) atoms. The van der Waals surface area contributed by atoms with Crippen molar-refractivity contribution >= 4 is 22.4 Å². The van der Waals surface area contributed by atoms with Crippen molar-refractivity contribution in [2.75, 3.05) is 31.2 Å². The Hall–Kier alpha value is -3.14. The van der Waals surface area contributed by atoms with E-state index in [1.165, 1.54) is 18.9 Å². The molecule has 1 saturated heterocycles. The van der Waals surface area contributed by atoms with Gasteiger partial charge in [-0.05, 0) is 75.9 Å². The fourth-order valence-corrected chi connectivity index (χ4v) is 5.19. The molecule has 1 spiro atoms. The molecule has 10 heteroatoms. The van der Waals surface area contributed by atoms with Crippen LogP contribution < -0.4 is 15.8 Å². The fourth-order valence-electron chi connectivity index (χ4n) is 5.19. The zero-order valence-electron chi connectivity index (χ0n) is 20.4. The van der Waals surface area contributed by atoms with Gasteiger partial charge in [-0.25, -0.2) is 14.4 Å². The molecule has 3 aromatic rings.